The highest BCUT2D eigenvalue weighted by atomic mass is 35.5. The lowest BCUT2D eigenvalue weighted by Crippen LogP contribution is -2.42. The minimum absolute atomic E-state index is 0.204. The van der Waals surface area contributed by atoms with Gasteiger partial charge in [0.2, 0.25) is 0 Å². The molecule has 130 valence electrons. The number of fused-ring (bicyclic) bond motifs is 1. The highest BCUT2D eigenvalue weighted by Gasteiger charge is 2.27. The van der Waals surface area contributed by atoms with E-state index >= 15 is 0 Å². The Labute approximate surface area is 151 Å². The number of hydrogen-bond acceptors (Lipinski definition) is 4. The molecule has 5 nitrogen and oxygen atoms in total. The van der Waals surface area contributed by atoms with Gasteiger partial charge in [-0.1, -0.05) is 35.9 Å². The molecule has 1 amide bonds. The number of nitrogens with zero attached hydrogens (tertiary/aromatic N) is 1. The average molecular weight is 359 g/mol. The fraction of sp³-hybridized carbons (Fsp3) is 0.263. The number of esters is 1. The zero-order chi connectivity index (χ0) is 18.0. The summed E-state index contributed by atoms with van der Waals surface area (Å²) in [5.41, 5.74) is 8.65. The molecule has 1 atom stereocenters. The Balaban J connectivity index is 1.65. The lowest BCUT2D eigenvalue weighted by Gasteiger charge is -2.30. The maximum Gasteiger partial charge on any atom is 0.338 e. The van der Waals surface area contributed by atoms with Gasteiger partial charge >= 0.3 is 5.97 Å². The predicted molar refractivity (Wildman–Crippen MR) is 96.3 cm³/mol. The second kappa shape index (κ2) is 7.15. The lowest BCUT2D eigenvalue weighted by atomic mass is 9.99. The Morgan fingerprint density at radius 1 is 1.20 bits per heavy atom. The molecule has 0 unspecified atom stereocenters. The van der Waals surface area contributed by atoms with Crippen LogP contribution >= 0.6 is 11.6 Å². The molecule has 0 spiro atoms. The highest BCUT2D eigenvalue weighted by molar-refractivity contribution is 6.33. The second-order valence-electron chi connectivity index (χ2n) is 6.06. The van der Waals surface area contributed by atoms with Crippen LogP contribution in [0.3, 0.4) is 0 Å². The van der Waals surface area contributed by atoms with Crippen molar-refractivity contribution in [3.05, 3.63) is 64.2 Å². The smallest absolute Gasteiger partial charge is 0.338 e. The van der Waals surface area contributed by atoms with Crippen molar-refractivity contribution in [2.75, 3.05) is 12.3 Å². The fourth-order valence-corrected chi connectivity index (χ4v) is 3.01. The van der Waals surface area contributed by atoms with Gasteiger partial charge in [0.25, 0.3) is 5.91 Å². The van der Waals surface area contributed by atoms with Crippen molar-refractivity contribution >= 4 is 29.2 Å². The molecular weight excluding hydrogens is 340 g/mol. The zero-order valence-electron chi connectivity index (χ0n) is 13.9. The summed E-state index contributed by atoms with van der Waals surface area (Å²) in [4.78, 5) is 26.5. The number of amides is 1. The largest absolute Gasteiger partial charge is 0.449 e. The summed E-state index contributed by atoms with van der Waals surface area (Å²) < 4.78 is 5.31. The number of nitrogens with two attached hydrogens (primary N) is 1. The first-order chi connectivity index (χ1) is 12.0. The van der Waals surface area contributed by atoms with E-state index in [1.807, 2.05) is 18.2 Å². The summed E-state index contributed by atoms with van der Waals surface area (Å²) in [6.07, 6.45) is -0.0642. The Hall–Kier alpha value is -2.53. The molecule has 2 aromatic rings. The van der Waals surface area contributed by atoms with Crippen LogP contribution in [0.25, 0.3) is 0 Å². The number of benzene rings is 2. The maximum absolute atomic E-state index is 12.6. The Bertz CT molecular complexity index is 822. The summed E-state index contributed by atoms with van der Waals surface area (Å²) in [6.45, 7) is 2.73. The fourth-order valence-electron chi connectivity index (χ4n) is 2.89. The minimum atomic E-state index is -0.866. The third kappa shape index (κ3) is 3.77. The van der Waals surface area contributed by atoms with Crippen molar-refractivity contribution in [3.63, 3.8) is 0 Å². The number of halogens is 1. The summed E-state index contributed by atoms with van der Waals surface area (Å²) in [6, 6.07) is 12.5. The van der Waals surface area contributed by atoms with E-state index in [9.17, 15) is 9.59 Å². The molecular formula is C19H19ClN2O3. The van der Waals surface area contributed by atoms with Crippen LogP contribution in [0.15, 0.2) is 42.5 Å². The van der Waals surface area contributed by atoms with Gasteiger partial charge in [0.15, 0.2) is 6.10 Å². The summed E-state index contributed by atoms with van der Waals surface area (Å²) in [5, 5.41) is 0.368. The summed E-state index contributed by atoms with van der Waals surface area (Å²) in [5.74, 6) is -0.800. The summed E-state index contributed by atoms with van der Waals surface area (Å²) >= 11 is 5.85. The van der Waals surface area contributed by atoms with Gasteiger partial charge in [-0.25, -0.2) is 4.79 Å². The van der Waals surface area contributed by atoms with Gasteiger partial charge in [0.1, 0.15) is 0 Å². The molecule has 0 aliphatic carbocycles. The van der Waals surface area contributed by atoms with Crippen LogP contribution in [0.1, 0.15) is 28.4 Å². The first-order valence-corrected chi connectivity index (χ1v) is 8.45. The number of hydrogen-bond donors (Lipinski definition) is 1. The first kappa shape index (κ1) is 17.3. The first-order valence-electron chi connectivity index (χ1n) is 8.07. The van der Waals surface area contributed by atoms with Crippen molar-refractivity contribution in [2.45, 2.75) is 26.0 Å². The van der Waals surface area contributed by atoms with E-state index in [1.54, 1.807) is 11.8 Å². The lowest BCUT2D eigenvalue weighted by molar-refractivity contribution is -0.140. The van der Waals surface area contributed by atoms with Crippen molar-refractivity contribution < 1.29 is 14.3 Å². The van der Waals surface area contributed by atoms with E-state index in [-0.39, 0.29) is 11.5 Å². The van der Waals surface area contributed by atoms with E-state index in [1.165, 1.54) is 23.8 Å². The van der Waals surface area contributed by atoms with E-state index < -0.39 is 12.1 Å². The highest BCUT2D eigenvalue weighted by Crippen LogP contribution is 2.22. The maximum atomic E-state index is 12.6. The van der Waals surface area contributed by atoms with Crippen molar-refractivity contribution in [1.29, 1.82) is 0 Å². The van der Waals surface area contributed by atoms with Gasteiger partial charge in [-0.05, 0) is 42.7 Å². The van der Waals surface area contributed by atoms with Crippen LogP contribution in [0.2, 0.25) is 5.02 Å². The third-order valence-electron chi connectivity index (χ3n) is 4.31. The standard InChI is InChI=1S/C19H19ClN2O3/c1-12(25-19(24)14-6-7-16(20)17(21)10-14)18(23)22-9-8-13-4-2-3-5-15(13)11-22/h2-7,10,12H,8-9,11,21H2,1H3/t12-/m0/s1. The molecule has 0 radical (unpaired) electrons. The summed E-state index contributed by atoms with van der Waals surface area (Å²) in [7, 11) is 0. The SMILES string of the molecule is C[C@H](OC(=O)c1ccc(Cl)c(N)c1)C(=O)N1CCc2ccccc2C1. The minimum Gasteiger partial charge on any atom is -0.449 e. The van der Waals surface area contributed by atoms with E-state index in [0.29, 0.717) is 23.8 Å². The van der Waals surface area contributed by atoms with Gasteiger partial charge in [0, 0.05) is 13.1 Å². The van der Waals surface area contributed by atoms with Gasteiger partial charge in [0.05, 0.1) is 16.3 Å². The molecule has 6 heteroatoms. The average Bonchev–Trinajstić information content (AvgIpc) is 2.62. The normalized spacial score (nSPS) is 14.6. The van der Waals surface area contributed by atoms with Crippen LogP contribution in [-0.2, 0) is 22.5 Å². The molecule has 25 heavy (non-hydrogen) atoms. The van der Waals surface area contributed by atoms with Crippen LogP contribution < -0.4 is 5.73 Å². The number of ether oxygens (including phenoxy) is 1. The van der Waals surface area contributed by atoms with E-state index in [0.717, 1.165) is 12.0 Å². The molecule has 0 saturated carbocycles. The Kier molecular flexibility index (Phi) is 4.95. The monoisotopic (exact) mass is 358 g/mol. The molecule has 2 aromatic carbocycles. The van der Waals surface area contributed by atoms with Gasteiger partial charge < -0.3 is 15.4 Å². The number of anilines is 1. The van der Waals surface area contributed by atoms with Crippen LogP contribution in [0.4, 0.5) is 5.69 Å². The van der Waals surface area contributed by atoms with Crippen LogP contribution in [0.5, 0.6) is 0 Å². The van der Waals surface area contributed by atoms with Crippen molar-refractivity contribution in [2.24, 2.45) is 0 Å². The number of nitrogen functional groups attached to an aromatic ring is 1. The molecule has 1 aliphatic heterocycles. The number of rotatable bonds is 3. The van der Waals surface area contributed by atoms with Crippen molar-refractivity contribution in [1.82, 2.24) is 4.90 Å². The molecule has 0 aromatic heterocycles. The zero-order valence-corrected chi connectivity index (χ0v) is 14.6. The molecule has 0 saturated heterocycles. The molecule has 0 bridgehead atoms. The predicted octanol–water partition coefficient (Wildman–Crippen LogP) is 3.05. The van der Waals surface area contributed by atoms with Gasteiger partial charge in [-0.2, -0.15) is 0 Å². The number of carbonyl (C=O) groups is 2. The molecule has 1 aliphatic rings. The molecule has 2 N–H and O–H groups in total. The molecule has 1 heterocycles. The molecule has 0 fully saturated rings. The van der Waals surface area contributed by atoms with Crippen LogP contribution in [-0.4, -0.2) is 29.4 Å². The third-order valence-corrected chi connectivity index (χ3v) is 4.65. The second-order valence-corrected chi connectivity index (χ2v) is 6.47. The molecule has 3 rings (SSSR count). The quantitative estimate of drug-likeness (QED) is 0.676. The Morgan fingerprint density at radius 2 is 1.92 bits per heavy atom. The van der Waals surface area contributed by atoms with Gasteiger partial charge in [-0.3, -0.25) is 4.79 Å². The van der Waals surface area contributed by atoms with Crippen LogP contribution in [0, 0.1) is 0 Å². The van der Waals surface area contributed by atoms with Gasteiger partial charge in [-0.15, -0.1) is 0 Å². The van der Waals surface area contributed by atoms with Crippen molar-refractivity contribution in [3.8, 4) is 0 Å². The Morgan fingerprint density at radius 3 is 2.64 bits per heavy atom. The van der Waals surface area contributed by atoms with E-state index in [4.69, 9.17) is 22.1 Å². The topological polar surface area (TPSA) is 72.6 Å². The number of carbonyl (C=O) groups excluding carboxylic acids is 2. The van der Waals surface area contributed by atoms with E-state index in [2.05, 4.69) is 6.07 Å².